The van der Waals surface area contributed by atoms with E-state index >= 15 is 0 Å². The van der Waals surface area contributed by atoms with Gasteiger partial charge in [-0.05, 0) is 32.0 Å². The third-order valence-electron chi connectivity index (χ3n) is 2.61. The van der Waals surface area contributed by atoms with E-state index in [4.69, 9.17) is 18.0 Å². The molecular weight excluding hydrogens is 246 g/mol. The van der Waals surface area contributed by atoms with Crippen LogP contribution in [0.2, 0.25) is 5.02 Å². The van der Waals surface area contributed by atoms with Gasteiger partial charge >= 0.3 is 0 Å². The number of hydrogen-bond acceptors (Lipinski definition) is 3. The summed E-state index contributed by atoms with van der Waals surface area (Å²) < 4.78 is 0. The average molecular weight is 266 g/mol. The fourth-order valence-electron chi connectivity index (χ4n) is 1.62. The van der Waals surface area contributed by atoms with Gasteiger partial charge in [-0.3, -0.25) is 0 Å². The van der Waals surface area contributed by atoms with E-state index in [0.29, 0.717) is 18.1 Å². The molecule has 0 unspecified atom stereocenters. The van der Waals surface area contributed by atoms with E-state index in [0.717, 1.165) is 31.0 Å². The van der Waals surface area contributed by atoms with E-state index in [1.165, 1.54) is 0 Å². The number of rotatable bonds is 7. The van der Waals surface area contributed by atoms with Gasteiger partial charge in [-0.25, -0.2) is 4.98 Å². The normalized spacial score (nSPS) is 10.1. The van der Waals surface area contributed by atoms with Gasteiger partial charge < -0.3 is 10.2 Å². The van der Waals surface area contributed by atoms with Gasteiger partial charge in [0, 0.05) is 13.1 Å². The van der Waals surface area contributed by atoms with E-state index in [9.17, 15) is 0 Å². The van der Waals surface area contributed by atoms with Crippen molar-refractivity contribution in [3.63, 3.8) is 0 Å². The lowest BCUT2D eigenvalue weighted by Crippen LogP contribution is -2.25. The molecule has 0 atom stereocenters. The average Bonchev–Trinajstić information content (AvgIpc) is 2.38. The van der Waals surface area contributed by atoms with Crippen LogP contribution >= 0.6 is 11.6 Å². The third-order valence-corrected chi connectivity index (χ3v) is 2.96. The maximum atomic E-state index is 6.14. The van der Waals surface area contributed by atoms with Gasteiger partial charge in [-0.2, -0.15) is 0 Å². The van der Waals surface area contributed by atoms with E-state index in [2.05, 4.69) is 30.1 Å². The van der Waals surface area contributed by atoms with E-state index < -0.39 is 0 Å². The van der Waals surface area contributed by atoms with Crippen molar-refractivity contribution in [3.05, 3.63) is 22.8 Å². The zero-order chi connectivity index (χ0) is 13.4. The summed E-state index contributed by atoms with van der Waals surface area (Å²) >= 11 is 6.14. The fraction of sp³-hybridized carbons (Fsp3) is 0.500. The van der Waals surface area contributed by atoms with Gasteiger partial charge in [0.2, 0.25) is 0 Å². The summed E-state index contributed by atoms with van der Waals surface area (Å²) in [6, 6.07) is 3.79. The molecule has 1 aromatic heterocycles. The Hall–Kier alpha value is -1.24. The highest BCUT2D eigenvalue weighted by molar-refractivity contribution is 6.31. The zero-order valence-corrected chi connectivity index (χ0v) is 11.8. The Kier molecular flexibility index (Phi) is 6.56. The largest absolute Gasteiger partial charge is 0.346 e. The second-order valence-electron chi connectivity index (χ2n) is 3.99. The maximum Gasteiger partial charge on any atom is 0.129 e. The molecule has 18 heavy (non-hydrogen) atoms. The predicted molar refractivity (Wildman–Crippen MR) is 78.0 cm³/mol. The van der Waals surface area contributed by atoms with Crippen molar-refractivity contribution >= 4 is 17.4 Å². The summed E-state index contributed by atoms with van der Waals surface area (Å²) in [5, 5.41) is 4.00. The number of terminal acetylenes is 1. The van der Waals surface area contributed by atoms with Crippen LogP contribution in [0.4, 0.5) is 5.82 Å². The molecule has 0 saturated heterocycles. The highest BCUT2D eigenvalue weighted by Gasteiger charge is 2.08. The minimum Gasteiger partial charge on any atom is -0.346 e. The summed E-state index contributed by atoms with van der Waals surface area (Å²) in [7, 11) is 0. The molecule has 0 aliphatic carbocycles. The standard InChI is InChI=1S/C14H20ClN3/c1-4-9-16-11-13-12(15)7-8-14(17-13)18(6-3)10-5-2/h2,7-8,16H,4,6,9-11H2,1,3H3. The molecule has 4 heteroatoms. The molecule has 0 radical (unpaired) electrons. The van der Waals surface area contributed by atoms with Gasteiger partial charge in [0.1, 0.15) is 5.82 Å². The molecule has 1 aromatic rings. The highest BCUT2D eigenvalue weighted by atomic mass is 35.5. The molecule has 1 rings (SSSR count). The first-order chi connectivity index (χ1) is 8.72. The van der Waals surface area contributed by atoms with Crippen molar-refractivity contribution in [1.29, 1.82) is 0 Å². The smallest absolute Gasteiger partial charge is 0.129 e. The van der Waals surface area contributed by atoms with Crippen LogP contribution in [0.15, 0.2) is 12.1 Å². The molecule has 0 aliphatic heterocycles. The van der Waals surface area contributed by atoms with Crippen molar-refractivity contribution in [2.24, 2.45) is 0 Å². The number of nitrogens with zero attached hydrogens (tertiary/aromatic N) is 2. The number of aromatic nitrogens is 1. The van der Waals surface area contributed by atoms with E-state index in [1.807, 2.05) is 17.0 Å². The third kappa shape index (κ3) is 4.21. The lowest BCUT2D eigenvalue weighted by atomic mass is 10.3. The SMILES string of the molecule is C#CCN(CC)c1ccc(Cl)c(CNCCC)n1. The Morgan fingerprint density at radius 2 is 2.22 bits per heavy atom. The molecule has 3 nitrogen and oxygen atoms in total. The second-order valence-corrected chi connectivity index (χ2v) is 4.40. The van der Waals surface area contributed by atoms with E-state index in [1.54, 1.807) is 0 Å². The van der Waals surface area contributed by atoms with Gasteiger partial charge in [-0.15, -0.1) is 6.42 Å². The Labute approximate surface area is 115 Å². The number of nitrogens with one attached hydrogen (secondary N) is 1. The molecule has 0 spiro atoms. The molecule has 0 bridgehead atoms. The molecule has 0 aromatic carbocycles. The zero-order valence-electron chi connectivity index (χ0n) is 11.0. The predicted octanol–water partition coefficient (Wildman–Crippen LogP) is 2.69. The van der Waals surface area contributed by atoms with Crippen LogP contribution in [-0.4, -0.2) is 24.6 Å². The van der Waals surface area contributed by atoms with Crippen molar-refractivity contribution in [3.8, 4) is 12.3 Å². The summed E-state index contributed by atoms with van der Waals surface area (Å²) in [5.41, 5.74) is 0.873. The van der Waals surface area contributed by atoms with Crippen molar-refractivity contribution < 1.29 is 0 Å². The summed E-state index contributed by atoms with van der Waals surface area (Å²) in [6.45, 7) is 7.23. The Morgan fingerprint density at radius 1 is 1.44 bits per heavy atom. The molecule has 1 heterocycles. The summed E-state index contributed by atoms with van der Waals surface area (Å²) in [4.78, 5) is 6.61. The Balaban J connectivity index is 2.82. The minimum absolute atomic E-state index is 0.562. The van der Waals surface area contributed by atoms with Gasteiger partial charge in [0.25, 0.3) is 0 Å². The Morgan fingerprint density at radius 3 is 2.83 bits per heavy atom. The highest BCUT2D eigenvalue weighted by Crippen LogP contribution is 2.19. The number of halogens is 1. The van der Waals surface area contributed by atoms with Crippen LogP contribution < -0.4 is 10.2 Å². The topological polar surface area (TPSA) is 28.2 Å². The number of anilines is 1. The summed E-state index contributed by atoms with van der Waals surface area (Å²) in [5.74, 6) is 3.52. The monoisotopic (exact) mass is 265 g/mol. The molecule has 98 valence electrons. The van der Waals surface area contributed by atoms with Gasteiger partial charge in [0.05, 0.1) is 17.3 Å². The van der Waals surface area contributed by atoms with Crippen LogP contribution in [-0.2, 0) is 6.54 Å². The van der Waals surface area contributed by atoms with Crippen molar-refractivity contribution in [1.82, 2.24) is 10.3 Å². The lowest BCUT2D eigenvalue weighted by Gasteiger charge is -2.20. The summed E-state index contributed by atoms with van der Waals surface area (Å²) in [6.07, 6.45) is 6.44. The molecule has 0 aliphatic rings. The van der Waals surface area contributed by atoms with Gasteiger partial charge in [-0.1, -0.05) is 24.4 Å². The first-order valence-corrected chi connectivity index (χ1v) is 6.65. The quantitative estimate of drug-likeness (QED) is 0.607. The van der Waals surface area contributed by atoms with Crippen LogP contribution in [0.5, 0.6) is 0 Å². The van der Waals surface area contributed by atoms with Crippen molar-refractivity contribution in [2.45, 2.75) is 26.8 Å². The molecule has 0 saturated carbocycles. The van der Waals surface area contributed by atoms with Crippen molar-refractivity contribution in [2.75, 3.05) is 24.5 Å². The number of pyridine rings is 1. The van der Waals surface area contributed by atoms with Crippen LogP contribution in [0.25, 0.3) is 0 Å². The molecule has 0 fully saturated rings. The fourth-order valence-corrected chi connectivity index (χ4v) is 1.79. The minimum atomic E-state index is 0.562. The van der Waals surface area contributed by atoms with Gasteiger partial charge in [0.15, 0.2) is 0 Å². The van der Waals surface area contributed by atoms with E-state index in [-0.39, 0.29) is 0 Å². The Bertz CT molecular complexity index is 412. The first kappa shape index (κ1) is 14.8. The van der Waals surface area contributed by atoms with Crippen LogP contribution in [0.3, 0.4) is 0 Å². The molecule has 1 N–H and O–H groups in total. The maximum absolute atomic E-state index is 6.14. The first-order valence-electron chi connectivity index (χ1n) is 6.27. The second kappa shape index (κ2) is 7.97. The lowest BCUT2D eigenvalue weighted by molar-refractivity contribution is 0.663. The molecular formula is C14H20ClN3. The molecule has 0 amide bonds. The number of hydrogen-bond donors (Lipinski definition) is 1. The van der Waals surface area contributed by atoms with Crippen LogP contribution in [0.1, 0.15) is 26.0 Å². The van der Waals surface area contributed by atoms with Crippen LogP contribution in [0, 0.1) is 12.3 Å².